The van der Waals surface area contributed by atoms with Crippen molar-refractivity contribution in [2.45, 2.75) is 24.7 Å². The Hall–Kier alpha value is -1.67. The fraction of sp³-hybridized carbons (Fsp3) is 0.462. The summed E-state index contributed by atoms with van der Waals surface area (Å²) in [7, 11) is -3.59. The largest absolute Gasteiger partial charge is 0.396 e. The van der Waals surface area contributed by atoms with Gasteiger partial charge in [-0.3, -0.25) is 4.79 Å². The van der Waals surface area contributed by atoms with Crippen molar-refractivity contribution in [1.82, 2.24) is 0 Å². The normalized spacial score (nSPS) is 22.2. The minimum Gasteiger partial charge on any atom is -0.396 e. The monoisotopic (exact) mass is 316 g/mol. The van der Waals surface area contributed by atoms with Crippen LogP contribution in [0.3, 0.4) is 0 Å². The van der Waals surface area contributed by atoms with Gasteiger partial charge in [-0.25, -0.2) is 12.8 Å². The molecule has 8 heteroatoms. The van der Waals surface area contributed by atoms with Crippen LogP contribution in [0.2, 0.25) is 0 Å². The maximum atomic E-state index is 13.0. The third kappa shape index (κ3) is 3.70. The van der Waals surface area contributed by atoms with Crippen molar-refractivity contribution >= 4 is 27.1 Å². The summed E-state index contributed by atoms with van der Waals surface area (Å²) >= 11 is 0. The zero-order chi connectivity index (χ0) is 15.6. The van der Waals surface area contributed by atoms with Gasteiger partial charge in [0.25, 0.3) is 0 Å². The van der Waals surface area contributed by atoms with Crippen LogP contribution in [-0.2, 0) is 19.4 Å². The molecular weight excluding hydrogens is 299 g/mol. The van der Waals surface area contributed by atoms with Crippen LogP contribution in [0.1, 0.15) is 13.3 Å². The minimum atomic E-state index is -3.59. The number of carbonyl (C=O) groups excluding carboxylic acids is 1. The molecule has 2 atom stereocenters. The van der Waals surface area contributed by atoms with Crippen molar-refractivity contribution in [2.24, 2.45) is 0 Å². The molecule has 2 unspecified atom stereocenters. The topological polar surface area (TPSA) is 98.5 Å². The molecule has 1 aromatic rings. The highest BCUT2D eigenvalue weighted by Crippen LogP contribution is 2.22. The third-order valence-electron chi connectivity index (χ3n) is 3.38. The Morgan fingerprint density at radius 2 is 2.24 bits per heavy atom. The number of carbonyl (C=O) groups is 1. The number of rotatable bonds is 4. The molecule has 0 aromatic heterocycles. The molecule has 1 saturated heterocycles. The second kappa shape index (κ2) is 5.98. The Balaban J connectivity index is 2.02. The lowest BCUT2D eigenvalue weighted by Crippen LogP contribution is -2.34. The van der Waals surface area contributed by atoms with Crippen LogP contribution in [0.4, 0.5) is 15.8 Å². The number of hydrogen-bond donors (Lipinski definition) is 2. The predicted molar refractivity (Wildman–Crippen MR) is 77.0 cm³/mol. The first-order valence-electron chi connectivity index (χ1n) is 6.47. The molecule has 3 N–H and O–H groups in total. The fourth-order valence-electron chi connectivity index (χ4n) is 2.29. The van der Waals surface area contributed by atoms with E-state index in [0.717, 1.165) is 6.07 Å². The summed E-state index contributed by atoms with van der Waals surface area (Å²) in [5, 5.41) is 1.73. The summed E-state index contributed by atoms with van der Waals surface area (Å²) in [6.45, 7) is 2.05. The molecule has 1 amide bonds. The first-order chi connectivity index (χ1) is 9.79. The van der Waals surface area contributed by atoms with E-state index in [1.165, 1.54) is 12.1 Å². The first-order valence-corrected chi connectivity index (χ1v) is 8.19. The minimum absolute atomic E-state index is 0.117. The van der Waals surface area contributed by atoms with Gasteiger partial charge < -0.3 is 15.8 Å². The zero-order valence-corrected chi connectivity index (χ0v) is 12.3. The summed E-state index contributed by atoms with van der Waals surface area (Å²) in [6.07, 6.45) is -0.0236. The van der Waals surface area contributed by atoms with Gasteiger partial charge in [0.1, 0.15) is 11.6 Å². The summed E-state index contributed by atoms with van der Waals surface area (Å²) in [4.78, 5) is 11.8. The van der Waals surface area contributed by atoms with Gasteiger partial charge in [0.2, 0.25) is 5.91 Å². The maximum absolute atomic E-state index is 13.0. The van der Waals surface area contributed by atoms with Crippen LogP contribution >= 0.6 is 0 Å². The van der Waals surface area contributed by atoms with Crippen LogP contribution in [0.5, 0.6) is 0 Å². The number of sulfone groups is 1. The molecule has 2 rings (SSSR count). The number of nitrogens with one attached hydrogen (secondary N) is 1. The lowest BCUT2D eigenvalue weighted by Gasteiger charge is -2.14. The number of ether oxygens (including phenoxy) is 1. The van der Waals surface area contributed by atoms with E-state index in [1.54, 1.807) is 6.92 Å². The van der Waals surface area contributed by atoms with Gasteiger partial charge in [0.05, 0.1) is 17.0 Å². The number of nitrogens with two attached hydrogens (primary N) is 1. The second-order valence-corrected chi connectivity index (χ2v) is 7.21. The van der Waals surface area contributed by atoms with E-state index in [1.807, 2.05) is 0 Å². The number of halogens is 1. The molecule has 0 spiro atoms. The van der Waals surface area contributed by atoms with Crippen molar-refractivity contribution in [2.75, 3.05) is 23.4 Å². The van der Waals surface area contributed by atoms with Gasteiger partial charge in [-0.05, 0) is 31.5 Å². The van der Waals surface area contributed by atoms with E-state index in [-0.39, 0.29) is 11.4 Å². The fourth-order valence-corrected chi connectivity index (χ4v) is 4.06. The molecular formula is C13H17FN2O4S. The molecule has 0 radical (unpaired) electrons. The number of hydrogen-bond acceptors (Lipinski definition) is 5. The summed E-state index contributed by atoms with van der Waals surface area (Å²) < 4.78 is 42.5. The van der Waals surface area contributed by atoms with Crippen LogP contribution < -0.4 is 11.1 Å². The smallest absolute Gasteiger partial charge is 0.239 e. The number of benzene rings is 1. The van der Waals surface area contributed by atoms with Gasteiger partial charge in [0.15, 0.2) is 9.84 Å². The van der Waals surface area contributed by atoms with Crippen molar-refractivity contribution in [3.63, 3.8) is 0 Å². The van der Waals surface area contributed by atoms with Gasteiger partial charge in [-0.1, -0.05) is 0 Å². The summed E-state index contributed by atoms with van der Waals surface area (Å²) in [5.74, 6) is -1.92. The summed E-state index contributed by atoms with van der Waals surface area (Å²) in [6, 6.07) is 3.66. The molecule has 1 heterocycles. The van der Waals surface area contributed by atoms with Crippen LogP contribution in [0.25, 0.3) is 0 Å². The highest BCUT2D eigenvalue weighted by atomic mass is 32.2. The van der Waals surface area contributed by atoms with Crippen LogP contribution in [-0.4, -0.2) is 38.0 Å². The number of amides is 1. The van der Waals surface area contributed by atoms with Crippen molar-refractivity contribution < 1.29 is 22.3 Å². The first kappa shape index (κ1) is 15.7. The Morgan fingerprint density at radius 1 is 1.52 bits per heavy atom. The lowest BCUT2D eigenvalue weighted by atomic mass is 10.2. The van der Waals surface area contributed by atoms with Gasteiger partial charge in [-0.2, -0.15) is 0 Å². The Labute approximate surface area is 122 Å². The molecule has 116 valence electrons. The lowest BCUT2D eigenvalue weighted by molar-refractivity contribution is -0.113. The van der Waals surface area contributed by atoms with E-state index < -0.39 is 38.7 Å². The van der Waals surface area contributed by atoms with E-state index in [0.29, 0.717) is 13.0 Å². The van der Waals surface area contributed by atoms with Crippen molar-refractivity contribution in [1.29, 1.82) is 0 Å². The molecule has 1 aromatic carbocycles. The highest BCUT2D eigenvalue weighted by molar-refractivity contribution is 7.92. The van der Waals surface area contributed by atoms with Crippen molar-refractivity contribution in [3.8, 4) is 0 Å². The van der Waals surface area contributed by atoms with Gasteiger partial charge >= 0.3 is 0 Å². The SMILES string of the molecule is CC1OCCC1S(=O)(=O)CC(=O)Nc1ccc(F)c(N)c1. The Morgan fingerprint density at radius 3 is 2.81 bits per heavy atom. The Bertz CT molecular complexity index is 648. The average molecular weight is 316 g/mol. The zero-order valence-electron chi connectivity index (χ0n) is 11.5. The molecule has 1 aliphatic heterocycles. The molecule has 1 fully saturated rings. The van der Waals surface area contributed by atoms with Crippen LogP contribution in [0.15, 0.2) is 18.2 Å². The number of nitrogen functional groups attached to an aromatic ring is 1. The molecule has 0 saturated carbocycles. The standard InChI is InChI=1S/C13H17FN2O4S/c1-8-12(4-5-20-8)21(18,19)7-13(17)16-9-2-3-10(14)11(15)6-9/h2-3,6,8,12H,4-5,7,15H2,1H3,(H,16,17). The molecule has 0 aliphatic carbocycles. The number of anilines is 2. The van der Waals surface area contributed by atoms with E-state index in [9.17, 15) is 17.6 Å². The maximum Gasteiger partial charge on any atom is 0.239 e. The second-order valence-electron chi connectivity index (χ2n) is 4.99. The van der Waals surface area contributed by atoms with E-state index >= 15 is 0 Å². The molecule has 21 heavy (non-hydrogen) atoms. The van der Waals surface area contributed by atoms with Crippen LogP contribution in [0, 0.1) is 5.82 Å². The van der Waals surface area contributed by atoms with E-state index in [2.05, 4.69) is 5.32 Å². The van der Waals surface area contributed by atoms with Crippen molar-refractivity contribution in [3.05, 3.63) is 24.0 Å². The quantitative estimate of drug-likeness (QED) is 0.806. The molecule has 1 aliphatic rings. The Kier molecular flexibility index (Phi) is 4.48. The average Bonchev–Trinajstić information content (AvgIpc) is 2.80. The van der Waals surface area contributed by atoms with E-state index in [4.69, 9.17) is 10.5 Å². The van der Waals surface area contributed by atoms with Gasteiger partial charge in [-0.15, -0.1) is 0 Å². The molecule has 0 bridgehead atoms. The predicted octanol–water partition coefficient (Wildman–Crippen LogP) is 0.939. The molecule has 6 nitrogen and oxygen atoms in total. The third-order valence-corrected chi connectivity index (χ3v) is 5.59. The highest BCUT2D eigenvalue weighted by Gasteiger charge is 2.36. The van der Waals surface area contributed by atoms with Gasteiger partial charge in [0, 0.05) is 12.3 Å². The summed E-state index contributed by atoms with van der Waals surface area (Å²) in [5.41, 5.74) is 5.52.